The predicted octanol–water partition coefficient (Wildman–Crippen LogP) is 2.78. The molecule has 2 aromatic heterocycles. The molecule has 1 amide bonds. The molecule has 32 heavy (non-hydrogen) atoms. The number of fused-ring (bicyclic) bond motifs is 3. The van der Waals surface area contributed by atoms with Gasteiger partial charge >= 0.3 is 5.97 Å². The van der Waals surface area contributed by atoms with Crippen LogP contribution in [0.3, 0.4) is 0 Å². The number of esters is 1. The van der Waals surface area contributed by atoms with Gasteiger partial charge in [-0.05, 0) is 25.1 Å². The molecular formula is C22H19FN4O4S. The van der Waals surface area contributed by atoms with Crippen LogP contribution in [-0.4, -0.2) is 45.3 Å². The monoisotopic (exact) mass is 454 g/mol. The molecule has 0 atom stereocenters. The molecule has 164 valence electrons. The Hall–Kier alpha value is -3.66. The molecule has 0 unspecified atom stereocenters. The van der Waals surface area contributed by atoms with Crippen LogP contribution in [0.15, 0.2) is 58.5 Å². The third kappa shape index (κ3) is 4.22. The van der Waals surface area contributed by atoms with Crippen molar-refractivity contribution in [2.24, 2.45) is 0 Å². The number of para-hydroxylation sites is 2. The van der Waals surface area contributed by atoms with Crippen molar-refractivity contribution in [3.63, 3.8) is 0 Å². The van der Waals surface area contributed by atoms with E-state index in [4.69, 9.17) is 4.74 Å². The van der Waals surface area contributed by atoms with E-state index in [0.717, 1.165) is 27.2 Å². The maximum absolute atomic E-state index is 14.6. The molecule has 4 aromatic rings. The Morgan fingerprint density at radius 1 is 1.19 bits per heavy atom. The molecule has 0 fully saturated rings. The number of amides is 1. The Kier molecular flexibility index (Phi) is 6.22. The SMILES string of the molecule is CCOC(=O)CNC(=O)CSc1nc2c([nH]c3ccccc32)c(=O)n1-c1ccccc1F. The molecule has 0 aliphatic heterocycles. The Morgan fingerprint density at radius 3 is 2.72 bits per heavy atom. The van der Waals surface area contributed by atoms with Crippen LogP contribution in [0.2, 0.25) is 0 Å². The molecule has 0 saturated carbocycles. The van der Waals surface area contributed by atoms with E-state index in [1.54, 1.807) is 13.0 Å². The number of aromatic nitrogens is 3. The molecule has 0 saturated heterocycles. The number of aromatic amines is 1. The van der Waals surface area contributed by atoms with Gasteiger partial charge in [0.15, 0.2) is 5.16 Å². The molecule has 2 heterocycles. The van der Waals surface area contributed by atoms with Crippen molar-refractivity contribution in [1.29, 1.82) is 0 Å². The van der Waals surface area contributed by atoms with Crippen molar-refractivity contribution in [2.75, 3.05) is 18.9 Å². The van der Waals surface area contributed by atoms with E-state index in [9.17, 15) is 18.8 Å². The average molecular weight is 454 g/mol. The highest BCUT2D eigenvalue weighted by Gasteiger charge is 2.20. The van der Waals surface area contributed by atoms with Gasteiger partial charge in [-0.15, -0.1) is 0 Å². The lowest BCUT2D eigenvalue weighted by atomic mass is 10.2. The molecule has 4 rings (SSSR count). The second kappa shape index (κ2) is 9.23. The van der Waals surface area contributed by atoms with Gasteiger partial charge in [0, 0.05) is 10.9 Å². The minimum atomic E-state index is -0.597. The summed E-state index contributed by atoms with van der Waals surface area (Å²) in [5.74, 6) is -1.72. The van der Waals surface area contributed by atoms with Gasteiger partial charge in [-0.1, -0.05) is 42.1 Å². The van der Waals surface area contributed by atoms with Gasteiger partial charge in [0.25, 0.3) is 5.56 Å². The highest BCUT2D eigenvalue weighted by atomic mass is 32.2. The summed E-state index contributed by atoms with van der Waals surface area (Å²) in [4.78, 5) is 44.7. The first kappa shape index (κ1) is 21.6. The zero-order valence-corrected chi connectivity index (χ0v) is 17.9. The number of H-pyrrole nitrogens is 1. The number of carbonyl (C=O) groups excluding carboxylic acids is 2. The van der Waals surface area contributed by atoms with Crippen molar-refractivity contribution in [3.05, 3.63) is 64.7 Å². The fourth-order valence-corrected chi connectivity index (χ4v) is 4.08. The second-order valence-corrected chi connectivity index (χ2v) is 7.69. The minimum Gasteiger partial charge on any atom is -0.465 e. The zero-order chi connectivity index (χ0) is 22.7. The van der Waals surface area contributed by atoms with Crippen LogP contribution in [0.5, 0.6) is 0 Å². The number of halogens is 1. The highest BCUT2D eigenvalue weighted by molar-refractivity contribution is 7.99. The van der Waals surface area contributed by atoms with Gasteiger partial charge in [-0.25, -0.2) is 9.37 Å². The van der Waals surface area contributed by atoms with Crippen molar-refractivity contribution in [1.82, 2.24) is 19.9 Å². The molecule has 10 heteroatoms. The van der Waals surface area contributed by atoms with E-state index >= 15 is 0 Å². The Labute approximate surface area is 185 Å². The third-order valence-electron chi connectivity index (χ3n) is 4.66. The Bertz CT molecular complexity index is 1380. The summed E-state index contributed by atoms with van der Waals surface area (Å²) in [5.41, 5.74) is 0.949. The number of thioether (sulfide) groups is 1. The predicted molar refractivity (Wildman–Crippen MR) is 120 cm³/mol. The smallest absolute Gasteiger partial charge is 0.325 e. The van der Waals surface area contributed by atoms with Crippen molar-refractivity contribution < 1.29 is 18.7 Å². The van der Waals surface area contributed by atoms with E-state index in [0.29, 0.717) is 5.52 Å². The first-order chi connectivity index (χ1) is 15.5. The van der Waals surface area contributed by atoms with Gasteiger partial charge in [-0.2, -0.15) is 0 Å². The lowest BCUT2D eigenvalue weighted by molar-refractivity contribution is -0.143. The number of benzene rings is 2. The molecular weight excluding hydrogens is 435 g/mol. The van der Waals surface area contributed by atoms with Crippen LogP contribution < -0.4 is 10.9 Å². The van der Waals surface area contributed by atoms with E-state index < -0.39 is 23.3 Å². The maximum atomic E-state index is 14.6. The zero-order valence-electron chi connectivity index (χ0n) is 17.1. The quantitative estimate of drug-likeness (QED) is 0.253. The third-order valence-corrected chi connectivity index (χ3v) is 5.59. The summed E-state index contributed by atoms with van der Waals surface area (Å²) >= 11 is 0.972. The van der Waals surface area contributed by atoms with E-state index in [1.807, 2.05) is 24.3 Å². The van der Waals surface area contributed by atoms with Crippen LogP contribution in [0.1, 0.15) is 6.92 Å². The number of hydrogen-bond acceptors (Lipinski definition) is 6. The van der Waals surface area contributed by atoms with E-state index in [1.165, 1.54) is 18.2 Å². The second-order valence-electron chi connectivity index (χ2n) is 6.75. The number of carbonyl (C=O) groups is 2. The van der Waals surface area contributed by atoms with E-state index in [2.05, 4.69) is 15.3 Å². The normalized spacial score (nSPS) is 11.1. The average Bonchev–Trinajstić information content (AvgIpc) is 3.16. The summed E-state index contributed by atoms with van der Waals surface area (Å²) in [5, 5.41) is 3.36. The number of ether oxygens (including phenoxy) is 1. The van der Waals surface area contributed by atoms with Gasteiger partial charge in [-0.3, -0.25) is 19.0 Å². The Balaban J connectivity index is 1.74. The molecule has 0 aliphatic rings. The Morgan fingerprint density at radius 2 is 1.94 bits per heavy atom. The fourth-order valence-electron chi connectivity index (χ4n) is 3.25. The first-order valence-electron chi connectivity index (χ1n) is 9.83. The molecule has 8 nitrogen and oxygen atoms in total. The largest absolute Gasteiger partial charge is 0.465 e. The number of rotatable bonds is 7. The molecule has 2 N–H and O–H groups in total. The summed E-state index contributed by atoms with van der Waals surface area (Å²) in [7, 11) is 0. The first-order valence-corrected chi connectivity index (χ1v) is 10.8. The fraction of sp³-hybridized carbons (Fsp3) is 0.182. The standard InChI is InChI=1S/C22H19FN4O4S/c1-2-31-18(29)11-24-17(28)12-32-22-26-19-13-7-3-5-9-15(13)25-20(19)21(30)27(22)16-10-6-4-8-14(16)23/h3-10,25H,2,11-12H2,1H3,(H,24,28). The van der Waals surface area contributed by atoms with Crippen LogP contribution in [0.4, 0.5) is 4.39 Å². The number of hydrogen-bond donors (Lipinski definition) is 2. The maximum Gasteiger partial charge on any atom is 0.325 e. The van der Waals surface area contributed by atoms with Crippen molar-refractivity contribution >= 4 is 45.6 Å². The van der Waals surface area contributed by atoms with Gasteiger partial charge < -0.3 is 15.0 Å². The van der Waals surface area contributed by atoms with Crippen LogP contribution >= 0.6 is 11.8 Å². The molecule has 2 aromatic carbocycles. The van der Waals surface area contributed by atoms with E-state index in [-0.39, 0.29) is 35.3 Å². The summed E-state index contributed by atoms with van der Waals surface area (Å²) in [6.07, 6.45) is 0. The van der Waals surface area contributed by atoms with Gasteiger partial charge in [0.1, 0.15) is 23.4 Å². The van der Waals surface area contributed by atoms with Crippen LogP contribution in [0.25, 0.3) is 27.6 Å². The summed E-state index contributed by atoms with van der Waals surface area (Å²) in [6.45, 7) is 1.62. The van der Waals surface area contributed by atoms with Crippen molar-refractivity contribution in [2.45, 2.75) is 12.1 Å². The van der Waals surface area contributed by atoms with Crippen molar-refractivity contribution in [3.8, 4) is 5.69 Å². The molecule has 0 radical (unpaired) electrons. The number of nitrogens with one attached hydrogen (secondary N) is 2. The molecule has 0 bridgehead atoms. The minimum absolute atomic E-state index is 0.0278. The summed E-state index contributed by atoms with van der Waals surface area (Å²) in [6, 6.07) is 13.2. The molecule has 0 spiro atoms. The molecule has 0 aliphatic carbocycles. The lowest BCUT2D eigenvalue weighted by Gasteiger charge is -2.12. The highest BCUT2D eigenvalue weighted by Crippen LogP contribution is 2.26. The van der Waals surface area contributed by atoms with Crippen LogP contribution in [-0.2, 0) is 14.3 Å². The topological polar surface area (TPSA) is 106 Å². The van der Waals surface area contributed by atoms with Gasteiger partial charge in [0.2, 0.25) is 5.91 Å². The lowest BCUT2D eigenvalue weighted by Crippen LogP contribution is -2.32. The van der Waals surface area contributed by atoms with Gasteiger partial charge in [0.05, 0.1) is 18.0 Å². The summed E-state index contributed by atoms with van der Waals surface area (Å²) < 4.78 is 20.5. The number of nitrogens with zero attached hydrogens (tertiary/aromatic N) is 2. The van der Waals surface area contributed by atoms with Crippen LogP contribution in [0, 0.1) is 5.82 Å².